The maximum atomic E-state index is 12.5. The molecule has 0 heterocycles. The molecule has 21 heavy (non-hydrogen) atoms. The van der Waals surface area contributed by atoms with Crippen molar-refractivity contribution in [1.29, 1.82) is 0 Å². The van der Waals surface area contributed by atoms with Gasteiger partial charge >= 0.3 is 0 Å². The van der Waals surface area contributed by atoms with Crippen LogP contribution in [0, 0.1) is 12.8 Å². The van der Waals surface area contributed by atoms with Crippen LogP contribution in [0.2, 0.25) is 0 Å². The Kier molecular flexibility index (Phi) is 7.70. The third-order valence-electron chi connectivity index (χ3n) is 3.10. The van der Waals surface area contributed by atoms with Gasteiger partial charge in [0.15, 0.2) is 0 Å². The van der Waals surface area contributed by atoms with Gasteiger partial charge in [0, 0.05) is 17.6 Å². The van der Waals surface area contributed by atoms with E-state index >= 15 is 0 Å². The summed E-state index contributed by atoms with van der Waals surface area (Å²) in [4.78, 5) is 0.346. The maximum absolute atomic E-state index is 12.5. The summed E-state index contributed by atoms with van der Waals surface area (Å²) in [5.74, 6) is 1.24. The van der Waals surface area contributed by atoms with Gasteiger partial charge in [0.1, 0.15) is 0 Å². The average molecular weight is 395 g/mol. The highest BCUT2D eigenvalue weighted by molar-refractivity contribution is 9.10. The molecule has 0 spiro atoms. The zero-order chi connectivity index (χ0) is 16.0. The molecule has 0 aliphatic heterocycles. The summed E-state index contributed by atoms with van der Waals surface area (Å²) >= 11 is 5.16. The minimum Gasteiger partial charge on any atom is -0.316 e. The van der Waals surface area contributed by atoms with Crippen LogP contribution in [-0.2, 0) is 16.6 Å². The smallest absolute Gasteiger partial charge is 0.240 e. The molecule has 1 rings (SSSR count). The lowest BCUT2D eigenvalue weighted by Crippen LogP contribution is -2.30. The van der Waals surface area contributed by atoms with Gasteiger partial charge in [-0.05, 0) is 55.2 Å². The fourth-order valence-corrected chi connectivity index (χ4v) is 4.77. The predicted octanol–water partition coefficient (Wildman–Crippen LogP) is 2.75. The van der Waals surface area contributed by atoms with E-state index in [1.165, 1.54) is 0 Å². The Labute approximate surface area is 140 Å². The van der Waals surface area contributed by atoms with Crippen LogP contribution in [0.15, 0.2) is 21.5 Å². The summed E-state index contributed by atoms with van der Waals surface area (Å²) in [5.41, 5.74) is 1.67. The van der Waals surface area contributed by atoms with E-state index in [1.807, 2.05) is 33.2 Å². The zero-order valence-corrected chi connectivity index (χ0v) is 16.1. The molecule has 2 N–H and O–H groups in total. The van der Waals surface area contributed by atoms with Crippen LogP contribution in [0.5, 0.6) is 0 Å². The molecule has 0 saturated carbocycles. The number of halogens is 1. The minimum atomic E-state index is -3.48. The number of hydrogen-bond acceptors (Lipinski definition) is 4. The molecule has 1 aromatic carbocycles. The molecule has 0 saturated heterocycles. The van der Waals surface area contributed by atoms with E-state index in [1.54, 1.807) is 17.8 Å². The third-order valence-corrected chi connectivity index (χ3v) is 6.38. The van der Waals surface area contributed by atoms with Gasteiger partial charge in [0.25, 0.3) is 0 Å². The molecule has 120 valence electrons. The molecule has 0 aliphatic carbocycles. The molecule has 1 atom stereocenters. The summed E-state index contributed by atoms with van der Waals surface area (Å²) in [6.07, 6.45) is 2.02. The largest absolute Gasteiger partial charge is 0.316 e. The van der Waals surface area contributed by atoms with Crippen LogP contribution in [-0.4, -0.2) is 34.0 Å². The van der Waals surface area contributed by atoms with Crippen molar-refractivity contribution in [1.82, 2.24) is 10.0 Å². The molecule has 0 fully saturated rings. The van der Waals surface area contributed by atoms with Gasteiger partial charge in [-0.15, -0.1) is 0 Å². The van der Waals surface area contributed by atoms with E-state index < -0.39 is 10.0 Å². The molecule has 1 unspecified atom stereocenters. The van der Waals surface area contributed by atoms with E-state index in [2.05, 4.69) is 26.0 Å². The molecule has 4 nitrogen and oxygen atoms in total. The lowest BCUT2D eigenvalue weighted by molar-refractivity contribution is 0.562. The highest BCUT2D eigenvalue weighted by Gasteiger charge is 2.20. The fraction of sp³-hybridized carbons (Fsp3) is 0.571. The van der Waals surface area contributed by atoms with Crippen LogP contribution in [0.4, 0.5) is 0 Å². The molecule has 0 bridgehead atoms. The van der Waals surface area contributed by atoms with Crippen LogP contribution in [0.1, 0.15) is 18.1 Å². The van der Waals surface area contributed by atoms with Crippen LogP contribution in [0.3, 0.4) is 0 Å². The quantitative estimate of drug-likeness (QED) is 0.711. The van der Waals surface area contributed by atoms with Crippen molar-refractivity contribution in [3.63, 3.8) is 0 Å². The second-order valence-electron chi connectivity index (χ2n) is 5.14. The van der Waals surface area contributed by atoms with E-state index in [9.17, 15) is 8.42 Å². The predicted molar refractivity (Wildman–Crippen MR) is 94.4 cm³/mol. The number of rotatable bonds is 8. The first-order valence-corrected chi connectivity index (χ1v) is 10.4. The molecule has 1 aromatic rings. The van der Waals surface area contributed by atoms with Crippen LogP contribution >= 0.6 is 27.7 Å². The first kappa shape index (κ1) is 19.0. The summed E-state index contributed by atoms with van der Waals surface area (Å²) in [7, 11) is -1.65. The summed E-state index contributed by atoms with van der Waals surface area (Å²) in [6.45, 7) is 4.94. The molecule has 0 amide bonds. The lowest BCUT2D eigenvalue weighted by atomic mass is 10.1. The highest BCUT2D eigenvalue weighted by Crippen LogP contribution is 2.26. The molecular formula is C14H23BrN2O2S2. The number of benzene rings is 1. The van der Waals surface area contributed by atoms with Crippen molar-refractivity contribution in [3.05, 3.63) is 27.7 Å². The van der Waals surface area contributed by atoms with Crippen molar-refractivity contribution < 1.29 is 8.42 Å². The van der Waals surface area contributed by atoms with Crippen molar-refractivity contribution in [3.8, 4) is 0 Å². The SMILES string of the molecule is CNCc1cc(Br)c(C)c(S(=O)(=O)NCC(C)CSC)c1. The van der Waals surface area contributed by atoms with Gasteiger partial charge < -0.3 is 5.32 Å². The number of hydrogen-bond donors (Lipinski definition) is 2. The fourth-order valence-electron chi connectivity index (χ4n) is 1.97. The summed E-state index contributed by atoms with van der Waals surface area (Å²) in [6, 6.07) is 3.68. The Morgan fingerprint density at radius 3 is 2.62 bits per heavy atom. The van der Waals surface area contributed by atoms with Crippen molar-refractivity contribution in [2.24, 2.45) is 5.92 Å². The van der Waals surface area contributed by atoms with E-state index in [0.717, 1.165) is 21.4 Å². The monoisotopic (exact) mass is 394 g/mol. The standard InChI is InChI=1S/C14H23BrN2O2S2/c1-10(9-20-4)7-17-21(18,19)14-6-12(8-16-3)5-13(15)11(14)2/h5-6,10,16-17H,7-9H2,1-4H3. The number of sulfonamides is 1. The van der Waals surface area contributed by atoms with Crippen molar-refractivity contribution in [2.75, 3.05) is 25.6 Å². The third kappa shape index (κ3) is 5.56. The van der Waals surface area contributed by atoms with Crippen molar-refractivity contribution >= 4 is 37.7 Å². The second-order valence-corrected chi connectivity index (χ2v) is 8.64. The first-order chi connectivity index (χ1) is 9.81. The number of nitrogens with one attached hydrogen (secondary N) is 2. The van der Waals surface area contributed by atoms with Gasteiger partial charge in [-0.1, -0.05) is 22.9 Å². The van der Waals surface area contributed by atoms with Gasteiger partial charge in [-0.25, -0.2) is 13.1 Å². The van der Waals surface area contributed by atoms with Gasteiger partial charge in [-0.3, -0.25) is 0 Å². The lowest BCUT2D eigenvalue weighted by Gasteiger charge is -2.15. The van der Waals surface area contributed by atoms with E-state index in [0.29, 0.717) is 23.9 Å². The molecule has 0 aliphatic rings. The van der Waals surface area contributed by atoms with Gasteiger partial charge in [-0.2, -0.15) is 11.8 Å². The Hall–Kier alpha value is -0.0800. The minimum absolute atomic E-state index is 0.305. The topological polar surface area (TPSA) is 58.2 Å². The van der Waals surface area contributed by atoms with Gasteiger partial charge in [0.05, 0.1) is 4.90 Å². The van der Waals surface area contributed by atoms with Crippen molar-refractivity contribution in [2.45, 2.75) is 25.3 Å². The zero-order valence-electron chi connectivity index (χ0n) is 12.9. The Bertz CT molecular complexity index is 577. The van der Waals surface area contributed by atoms with Crippen LogP contribution in [0.25, 0.3) is 0 Å². The highest BCUT2D eigenvalue weighted by atomic mass is 79.9. The Balaban J connectivity index is 3.01. The summed E-state index contributed by atoms with van der Waals surface area (Å²) in [5, 5.41) is 3.04. The van der Waals surface area contributed by atoms with Gasteiger partial charge in [0.2, 0.25) is 10.0 Å². The number of thioether (sulfide) groups is 1. The van der Waals surface area contributed by atoms with Crippen LogP contribution < -0.4 is 10.0 Å². The molecule has 7 heteroatoms. The normalized spacial score (nSPS) is 13.4. The molecular weight excluding hydrogens is 372 g/mol. The second kappa shape index (κ2) is 8.53. The Morgan fingerprint density at radius 1 is 1.38 bits per heavy atom. The first-order valence-electron chi connectivity index (χ1n) is 6.74. The Morgan fingerprint density at radius 2 is 2.05 bits per heavy atom. The maximum Gasteiger partial charge on any atom is 0.240 e. The molecule has 0 aromatic heterocycles. The van der Waals surface area contributed by atoms with E-state index in [-0.39, 0.29) is 0 Å². The average Bonchev–Trinajstić information content (AvgIpc) is 2.41. The summed E-state index contributed by atoms with van der Waals surface area (Å²) < 4.78 is 28.6. The molecule has 0 radical (unpaired) electrons. The van der Waals surface area contributed by atoms with E-state index in [4.69, 9.17) is 0 Å².